The monoisotopic (exact) mass is 231 g/mol. The molecule has 2 nitrogen and oxygen atoms in total. The fraction of sp³-hybridized carbons (Fsp3) is 0.308. The number of nitrogens with zero attached hydrogens (tertiary/aromatic N) is 1. The second-order valence-corrected chi connectivity index (χ2v) is 10.2. The van der Waals surface area contributed by atoms with E-state index in [2.05, 4.69) is 37.8 Å². The molecule has 0 unspecified atom stereocenters. The van der Waals surface area contributed by atoms with Crippen LogP contribution in [0.15, 0.2) is 30.5 Å². The summed E-state index contributed by atoms with van der Waals surface area (Å²) in [5, 5.41) is 2.65. The molecule has 1 aromatic heterocycles. The molecule has 16 heavy (non-hydrogen) atoms. The summed E-state index contributed by atoms with van der Waals surface area (Å²) in [7, 11) is -1.34. The van der Waals surface area contributed by atoms with Gasteiger partial charge in [-0.2, -0.15) is 0 Å². The molecule has 0 aliphatic carbocycles. The highest BCUT2D eigenvalue weighted by Crippen LogP contribution is 2.17. The molecule has 2 rings (SSSR count). The molecule has 1 heterocycles. The molecule has 0 radical (unpaired) electrons. The lowest BCUT2D eigenvalue weighted by Crippen LogP contribution is -2.37. The van der Waals surface area contributed by atoms with Gasteiger partial charge >= 0.3 is 0 Å². The Morgan fingerprint density at radius 3 is 2.44 bits per heavy atom. The van der Waals surface area contributed by atoms with Crippen LogP contribution in [0.4, 0.5) is 0 Å². The molecule has 3 heteroatoms. The number of benzene rings is 1. The summed E-state index contributed by atoms with van der Waals surface area (Å²) in [6, 6.07) is 8.32. The van der Waals surface area contributed by atoms with Crippen molar-refractivity contribution < 1.29 is 4.79 Å². The number of aromatic nitrogens is 1. The van der Waals surface area contributed by atoms with Crippen molar-refractivity contribution in [2.75, 3.05) is 0 Å². The lowest BCUT2D eigenvalue weighted by Gasteiger charge is -2.17. The Kier molecular flexibility index (Phi) is 2.50. The van der Waals surface area contributed by atoms with Crippen molar-refractivity contribution in [2.45, 2.75) is 26.6 Å². The first-order valence-electron chi connectivity index (χ1n) is 5.53. The van der Waals surface area contributed by atoms with Crippen LogP contribution in [0.2, 0.25) is 19.6 Å². The number of hydrogen-bond donors (Lipinski definition) is 0. The average Bonchev–Trinajstić information content (AvgIpc) is 2.58. The van der Waals surface area contributed by atoms with E-state index in [1.54, 1.807) is 11.5 Å². The van der Waals surface area contributed by atoms with Crippen LogP contribution in [-0.2, 0) is 0 Å². The van der Waals surface area contributed by atoms with E-state index in [9.17, 15) is 4.79 Å². The van der Waals surface area contributed by atoms with Crippen molar-refractivity contribution in [3.05, 3.63) is 30.5 Å². The average molecular weight is 231 g/mol. The fourth-order valence-electron chi connectivity index (χ4n) is 2.10. The Morgan fingerprint density at radius 1 is 1.19 bits per heavy atom. The third-order valence-corrected chi connectivity index (χ3v) is 4.93. The molecule has 0 aliphatic heterocycles. The molecule has 0 saturated heterocycles. The van der Waals surface area contributed by atoms with Crippen LogP contribution in [0.1, 0.15) is 11.7 Å². The van der Waals surface area contributed by atoms with Gasteiger partial charge in [0.05, 0.1) is 13.6 Å². The maximum absolute atomic E-state index is 11.5. The maximum atomic E-state index is 11.5. The first kappa shape index (κ1) is 11.1. The molecular formula is C13H17NOSi. The fourth-order valence-corrected chi connectivity index (χ4v) is 3.71. The smallest absolute Gasteiger partial charge is 0.227 e. The third kappa shape index (κ3) is 1.71. The van der Waals surface area contributed by atoms with E-state index in [0.717, 1.165) is 5.52 Å². The van der Waals surface area contributed by atoms with Gasteiger partial charge in [-0.25, -0.2) is 0 Å². The number of hydrogen-bond acceptors (Lipinski definition) is 1. The summed E-state index contributed by atoms with van der Waals surface area (Å²) in [6.07, 6.45) is 1.87. The van der Waals surface area contributed by atoms with E-state index in [1.807, 2.05) is 12.3 Å². The Hall–Kier alpha value is -1.35. The summed E-state index contributed by atoms with van der Waals surface area (Å²) >= 11 is 0. The second kappa shape index (κ2) is 3.59. The van der Waals surface area contributed by atoms with Crippen LogP contribution in [0.3, 0.4) is 0 Å². The van der Waals surface area contributed by atoms with Crippen molar-refractivity contribution in [3.63, 3.8) is 0 Å². The third-order valence-electron chi connectivity index (χ3n) is 2.88. The number of rotatable bonds is 1. The molecule has 0 spiro atoms. The van der Waals surface area contributed by atoms with Gasteiger partial charge in [0.25, 0.3) is 0 Å². The lowest BCUT2D eigenvalue weighted by atomic mass is 10.2. The topological polar surface area (TPSA) is 22.0 Å². The maximum Gasteiger partial charge on any atom is 0.227 e. The Labute approximate surface area is 96.9 Å². The van der Waals surface area contributed by atoms with Crippen LogP contribution >= 0.6 is 0 Å². The zero-order valence-electron chi connectivity index (χ0n) is 10.2. The molecule has 84 valence electrons. The van der Waals surface area contributed by atoms with Crippen LogP contribution < -0.4 is 5.19 Å². The normalized spacial score (nSPS) is 12.0. The van der Waals surface area contributed by atoms with E-state index in [0.29, 0.717) is 0 Å². The van der Waals surface area contributed by atoms with Gasteiger partial charge in [-0.1, -0.05) is 37.0 Å². The zero-order valence-corrected chi connectivity index (χ0v) is 11.2. The summed E-state index contributed by atoms with van der Waals surface area (Å²) in [5.74, 6) is 0.0720. The van der Waals surface area contributed by atoms with Crippen LogP contribution in [0.25, 0.3) is 10.9 Å². The minimum atomic E-state index is -1.34. The Balaban J connectivity index is 2.77. The summed E-state index contributed by atoms with van der Waals surface area (Å²) in [4.78, 5) is 11.5. The predicted octanol–water partition coefficient (Wildman–Crippen LogP) is 2.85. The van der Waals surface area contributed by atoms with Crippen molar-refractivity contribution in [3.8, 4) is 0 Å². The van der Waals surface area contributed by atoms with Crippen molar-refractivity contribution in [1.82, 2.24) is 4.57 Å². The van der Waals surface area contributed by atoms with E-state index >= 15 is 0 Å². The zero-order chi connectivity index (χ0) is 11.9. The summed E-state index contributed by atoms with van der Waals surface area (Å²) in [6.45, 7) is 8.58. The van der Waals surface area contributed by atoms with Crippen molar-refractivity contribution >= 4 is 30.1 Å². The highest BCUT2D eigenvalue weighted by atomic mass is 28.3. The van der Waals surface area contributed by atoms with E-state index in [1.165, 1.54) is 10.6 Å². The molecule has 1 aromatic carbocycles. The lowest BCUT2D eigenvalue weighted by molar-refractivity contribution is 0.0941. The van der Waals surface area contributed by atoms with Gasteiger partial charge in [-0.15, -0.1) is 0 Å². The van der Waals surface area contributed by atoms with Crippen LogP contribution in [0, 0.1) is 0 Å². The minimum Gasteiger partial charge on any atom is -0.287 e. The second-order valence-electron chi connectivity index (χ2n) is 5.19. The summed E-state index contributed by atoms with van der Waals surface area (Å²) < 4.78 is 1.72. The van der Waals surface area contributed by atoms with Gasteiger partial charge in [0, 0.05) is 13.1 Å². The molecule has 0 N–H and O–H groups in total. The largest absolute Gasteiger partial charge is 0.287 e. The number of fused-ring (bicyclic) bond motifs is 1. The van der Waals surface area contributed by atoms with Crippen LogP contribution in [0.5, 0.6) is 0 Å². The molecule has 2 aromatic rings. The van der Waals surface area contributed by atoms with E-state index in [-0.39, 0.29) is 5.91 Å². The number of carbonyl (C=O) groups is 1. The minimum absolute atomic E-state index is 0.0720. The highest BCUT2D eigenvalue weighted by Gasteiger charge is 2.20. The molecule has 0 saturated carbocycles. The van der Waals surface area contributed by atoms with Crippen molar-refractivity contribution in [1.29, 1.82) is 0 Å². The molecule has 0 aliphatic rings. The SMILES string of the molecule is CC(=O)n1ccc2c([Si](C)(C)C)cccc21. The van der Waals surface area contributed by atoms with Gasteiger partial charge in [0.2, 0.25) is 5.91 Å². The predicted molar refractivity (Wildman–Crippen MR) is 71.2 cm³/mol. The van der Waals surface area contributed by atoms with E-state index in [4.69, 9.17) is 0 Å². The Bertz CT molecular complexity index is 549. The standard InChI is InChI=1S/C13H17NOSi/c1-10(15)14-9-8-11-12(14)6-5-7-13(11)16(2,3)4/h5-9H,1-4H3. The Morgan fingerprint density at radius 2 is 1.88 bits per heavy atom. The molecule has 0 fully saturated rings. The molecule has 0 bridgehead atoms. The van der Waals surface area contributed by atoms with Gasteiger partial charge in [0.1, 0.15) is 0 Å². The first-order valence-corrected chi connectivity index (χ1v) is 9.03. The van der Waals surface area contributed by atoms with Crippen LogP contribution in [-0.4, -0.2) is 18.5 Å². The first-order chi connectivity index (χ1) is 7.41. The van der Waals surface area contributed by atoms with Gasteiger partial charge in [-0.3, -0.25) is 9.36 Å². The summed E-state index contributed by atoms with van der Waals surface area (Å²) in [5.41, 5.74) is 1.03. The molecular weight excluding hydrogens is 214 g/mol. The van der Waals surface area contributed by atoms with Gasteiger partial charge in [-0.05, 0) is 17.5 Å². The number of carbonyl (C=O) groups excluding carboxylic acids is 1. The quantitative estimate of drug-likeness (QED) is 0.692. The van der Waals surface area contributed by atoms with Gasteiger partial charge in [0.15, 0.2) is 0 Å². The molecule has 0 atom stereocenters. The van der Waals surface area contributed by atoms with Gasteiger partial charge < -0.3 is 0 Å². The molecule has 0 amide bonds. The van der Waals surface area contributed by atoms with Crippen molar-refractivity contribution in [2.24, 2.45) is 0 Å². The van der Waals surface area contributed by atoms with E-state index < -0.39 is 8.07 Å². The highest BCUT2D eigenvalue weighted by molar-refractivity contribution is 6.90.